The van der Waals surface area contributed by atoms with Gasteiger partial charge >= 0.3 is 0 Å². The van der Waals surface area contributed by atoms with E-state index in [1.165, 1.54) is 0 Å². The minimum atomic E-state index is -0.0721. The van der Waals surface area contributed by atoms with E-state index in [1.54, 1.807) is 17.4 Å². The van der Waals surface area contributed by atoms with Gasteiger partial charge in [0.25, 0.3) is 0 Å². The Balaban J connectivity index is 1.74. The molecule has 0 aliphatic carbocycles. The molecule has 0 saturated carbocycles. The van der Waals surface area contributed by atoms with Crippen molar-refractivity contribution in [3.8, 4) is 0 Å². The fourth-order valence-corrected chi connectivity index (χ4v) is 2.38. The van der Waals surface area contributed by atoms with E-state index in [0.717, 1.165) is 22.7 Å². The van der Waals surface area contributed by atoms with Crippen LogP contribution in [0.3, 0.4) is 0 Å². The fourth-order valence-electron chi connectivity index (χ4n) is 1.61. The summed E-state index contributed by atoms with van der Waals surface area (Å²) in [6, 6.07) is 9.77. The highest BCUT2D eigenvalue weighted by Gasteiger charge is 1.99. The number of nitrogens with one attached hydrogen (secondary N) is 1. The molecular weight excluding hydrogens is 256 g/mol. The van der Waals surface area contributed by atoms with E-state index in [-0.39, 0.29) is 5.91 Å². The van der Waals surface area contributed by atoms with Gasteiger partial charge < -0.3 is 5.32 Å². The van der Waals surface area contributed by atoms with Crippen molar-refractivity contribution in [1.82, 2.24) is 10.3 Å². The van der Waals surface area contributed by atoms with E-state index in [4.69, 9.17) is 0 Å². The molecule has 0 unspecified atom stereocenters. The molecule has 98 valence electrons. The van der Waals surface area contributed by atoms with Gasteiger partial charge in [-0.1, -0.05) is 30.3 Å². The van der Waals surface area contributed by atoms with E-state index in [0.29, 0.717) is 6.54 Å². The molecule has 0 aliphatic rings. The van der Waals surface area contributed by atoms with Gasteiger partial charge in [-0.05, 0) is 18.6 Å². The van der Waals surface area contributed by atoms with Crippen molar-refractivity contribution >= 4 is 23.3 Å². The number of carbonyl (C=O) groups is 1. The predicted octanol–water partition coefficient (Wildman–Crippen LogP) is 2.82. The number of hydrogen-bond donors (Lipinski definition) is 1. The van der Waals surface area contributed by atoms with Gasteiger partial charge in [-0.15, -0.1) is 11.3 Å². The van der Waals surface area contributed by atoms with Crippen LogP contribution in [0, 0.1) is 6.92 Å². The number of amides is 1. The third-order valence-corrected chi connectivity index (χ3v) is 3.56. The van der Waals surface area contributed by atoms with E-state index in [1.807, 2.05) is 48.7 Å². The topological polar surface area (TPSA) is 42.0 Å². The summed E-state index contributed by atoms with van der Waals surface area (Å²) in [6.07, 6.45) is 4.15. The van der Waals surface area contributed by atoms with Gasteiger partial charge in [-0.3, -0.25) is 4.79 Å². The maximum atomic E-state index is 11.6. The van der Waals surface area contributed by atoms with Gasteiger partial charge in [0.05, 0.1) is 5.01 Å². The summed E-state index contributed by atoms with van der Waals surface area (Å²) in [5, 5.41) is 5.93. The Morgan fingerprint density at radius 3 is 2.84 bits per heavy atom. The first-order valence-electron chi connectivity index (χ1n) is 6.16. The van der Waals surface area contributed by atoms with Crippen molar-refractivity contribution < 1.29 is 4.79 Å². The molecule has 1 aromatic heterocycles. The average molecular weight is 272 g/mol. The number of nitrogens with zero attached hydrogens (tertiary/aromatic N) is 1. The molecule has 0 aliphatic heterocycles. The van der Waals surface area contributed by atoms with Gasteiger partial charge in [0.15, 0.2) is 0 Å². The number of benzene rings is 1. The lowest BCUT2D eigenvalue weighted by molar-refractivity contribution is -0.116. The number of aryl methyl sites for hydroxylation is 1. The zero-order valence-corrected chi connectivity index (χ0v) is 11.6. The Morgan fingerprint density at radius 1 is 1.37 bits per heavy atom. The molecule has 1 aromatic carbocycles. The molecule has 2 aromatic rings. The minimum Gasteiger partial charge on any atom is -0.352 e. The van der Waals surface area contributed by atoms with Gasteiger partial charge in [-0.25, -0.2) is 4.98 Å². The average Bonchev–Trinajstić information content (AvgIpc) is 2.83. The predicted molar refractivity (Wildman–Crippen MR) is 79.0 cm³/mol. The van der Waals surface area contributed by atoms with E-state index in [9.17, 15) is 4.79 Å². The Bertz CT molecular complexity index is 561. The summed E-state index contributed by atoms with van der Waals surface area (Å²) in [5.41, 5.74) is 2.06. The zero-order valence-electron chi connectivity index (χ0n) is 10.8. The Hall–Kier alpha value is -1.94. The zero-order chi connectivity index (χ0) is 13.5. The molecule has 3 nitrogen and oxygen atoms in total. The lowest BCUT2D eigenvalue weighted by atomic mass is 10.2. The van der Waals surface area contributed by atoms with Crippen molar-refractivity contribution in [3.05, 3.63) is 58.1 Å². The summed E-state index contributed by atoms with van der Waals surface area (Å²) in [7, 11) is 0. The Kier molecular flexibility index (Phi) is 4.86. The maximum absolute atomic E-state index is 11.6. The highest BCUT2D eigenvalue weighted by atomic mass is 32.1. The first-order valence-corrected chi connectivity index (χ1v) is 7.04. The van der Waals surface area contributed by atoms with Gasteiger partial charge in [0, 0.05) is 30.1 Å². The first-order chi connectivity index (χ1) is 9.24. The molecule has 1 N–H and O–H groups in total. The van der Waals surface area contributed by atoms with Gasteiger partial charge in [0.2, 0.25) is 5.91 Å². The largest absolute Gasteiger partial charge is 0.352 e. The van der Waals surface area contributed by atoms with Crippen LogP contribution < -0.4 is 5.32 Å². The Labute approximate surface area is 117 Å². The summed E-state index contributed by atoms with van der Waals surface area (Å²) in [4.78, 5) is 15.9. The van der Waals surface area contributed by atoms with Crippen molar-refractivity contribution in [2.45, 2.75) is 13.3 Å². The number of rotatable bonds is 5. The van der Waals surface area contributed by atoms with Crippen LogP contribution in [0.2, 0.25) is 0 Å². The van der Waals surface area contributed by atoms with Crippen LogP contribution in [0.4, 0.5) is 0 Å². The second-order valence-electron chi connectivity index (χ2n) is 4.17. The smallest absolute Gasteiger partial charge is 0.244 e. The van der Waals surface area contributed by atoms with Gasteiger partial charge in [0.1, 0.15) is 0 Å². The summed E-state index contributed by atoms with van der Waals surface area (Å²) < 4.78 is 0. The van der Waals surface area contributed by atoms with Crippen LogP contribution >= 0.6 is 11.3 Å². The molecule has 19 heavy (non-hydrogen) atoms. The molecule has 0 bridgehead atoms. The summed E-state index contributed by atoms with van der Waals surface area (Å²) >= 11 is 1.63. The molecule has 4 heteroatoms. The molecule has 0 saturated heterocycles. The normalized spacial score (nSPS) is 10.8. The third kappa shape index (κ3) is 4.67. The van der Waals surface area contributed by atoms with Crippen LogP contribution in [0.1, 0.15) is 16.3 Å². The maximum Gasteiger partial charge on any atom is 0.244 e. The third-order valence-electron chi connectivity index (χ3n) is 2.53. The molecule has 0 fully saturated rings. The SMILES string of the molecule is Cc1csc(CCNC(=O)/C=C/c2ccccc2)n1. The van der Waals surface area contributed by atoms with Crippen LogP contribution in [0.5, 0.6) is 0 Å². The fraction of sp³-hybridized carbons (Fsp3) is 0.200. The molecule has 0 atom stereocenters. The van der Waals surface area contributed by atoms with Crippen molar-refractivity contribution in [2.24, 2.45) is 0 Å². The Morgan fingerprint density at radius 2 is 2.16 bits per heavy atom. The first kappa shape index (κ1) is 13.5. The molecule has 1 amide bonds. The highest BCUT2D eigenvalue weighted by molar-refractivity contribution is 7.09. The van der Waals surface area contributed by atoms with E-state index in [2.05, 4.69) is 10.3 Å². The van der Waals surface area contributed by atoms with Gasteiger partial charge in [-0.2, -0.15) is 0 Å². The van der Waals surface area contributed by atoms with E-state index < -0.39 is 0 Å². The number of hydrogen-bond acceptors (Lipinski definition) is 3. The van der Waals surface area contributed by atoms with Crippen molar-refractivity contribution in [3.63, 3.8) is 0 Å². The van der Waals surface area contributed by atoms with E-state index >= 15 is 0 Å². The number of aromatic nitrogens is 1. The van der Waals surface area contributed by atoms with Crippen molar-refractivity contribution in [1.29, 1.82) is 0 Å². The highest BCUT2D eigenvalue weighted by Crippen LogP contribution is 2.08. The van der Waals surface area contributed by atoms with Crippen LogP contribution in [0.15, 0.2) is 41.8 Å². The monoisotopic (exact) mass is 272 g/mol. The number of carbonyl (C=O) groups excluding carboxylic acids is 1. The van der Waals surface area contributed by atoms with Crippen LogP contribution in [-0.2, 0) is 11.2 Å². The molecular formula is C15H16N2OS. The standard InChI is InChI=1S/C15H16N2OS/c1-12-11-19-15(17-12)9-10-16-14(18)8-7-13-5-3-2-4-6-13/h2-8,11H,9-10H2,1H3,(H,16,18)/b8-7+. The molecule has 2 rings (SSSR count). The minimum absolute atomic E-state index is 0.0721. The lowest BCUT2D eigenvalue weighted by Gasteiger charge is -1.99. The summed E-state index contributed by atoms with van der Waals surface area (Å²) in [6.45, 7) is 2.59. The second-order valence-corrected chi connectivity index (χ2v) is 5.11. The van der Waals surface area contributed by atoms with Crippen LogP contribution in [-0.4, -0.2) is 17.4 Å². The molecule has 0 radical (unpaired) electrons. The second kappa shape index (κ2) is 6.85. The molecule has 0 spiro atoms. The quantitative estimate of drug-likeness (QED) is 0.850. The lowest BCUT2D eigenvalue weighted by Crippen LogP contribution is -2.23. The van der Waals surface area contributed by atoms with Crippen LogP contribution in [0.25, 0.3) is 6.08 Å². The summed E-state index contributed by atoms with van der Waals surface area (Å²) in [5.74, 6) is -0.0721. The number of thiazole rings is 1. The van der Waals surface area contributed by atoms with Crippen molar-refractivity contribution in [2.75, 3.05) is 6.54 Å². The molecule has 1 heterocycles.